The summed E-state index contributed by atoms with van der Waals surface area (Å²) in [5.74, 6) is 0.361. The summed E-state index contributed by atoms with van der Waals surface area (Å²) < 4.78 is 0. The Hall–Kier alpha value is -0.570. The van der Waals surface area contributed by atoms with Crippen molar-refractivity contribution < 1.29 is 10.4 Å². The summed E-state index contributed by atoms with van der Waals surface area (Å²) in [6.07, 6.45) is 5.43. The summed E-state index contributed by atoms with van der Waals surface area (Å²) in [4.78, 5) is 0. The first-order valence-electron chi connectivity index (χ1n) is 7.01. The molecule has 1 saturated carbocycles. The SMILES string of the molecule is O[C@]12CCCC[C@@H]1[C@H](c1ccccc1Cl)[NH2+]CC2. The van der Waals surface area contributed by atoms with Gasteiger partial charge >= 0.3 is 0 Å². The number of halogens is 1. The summed E-state index contributed by atoms with van der Waals surface area (Å²) in [6.45, 7) is 1.00. The van der Waals surface area contributed by atoms with E-state index in [2.05, 4.69) is 11.4 Å². The number of hydrogen-bond acceptors (Lipinski definition) is 1. The Morgan fingerprint density at radius 2 is 2.06 bits per heavy atom. The molecule has 0 amide bonds. The van der Waals surface area contributed by atoms with Crippen LogP contribution in [-0.4, -0.2) is 17.3 Å². The number of piperidine rings is 1. The number of benzene rings is 1. The van der Waals surface area contributed by atoms with E-state index in [4.69, 9.17) is 11.6 Å². The summed E-state index contributed by atoms with van der Waals surface area (Å²) in [5, 5.41) is 14.1. The van der Waals surface area contributed by atoms with E-state index in [0.717, 1.165) is 30.8 Å². The number of aliphatic hydroxyl groups is 1. The number of hydrogen-bond donors (Lipinski definition) is 2. The van der Waals surface area contributed by atoms with Crippen LogP contribution in [0.4, 0.5) is 0 Å². The lowest BCUT2D eigenvalue weighted by Gasteiger charge is -2.46. The number of quaternary nitrogens is 1. The van der Waals surface area contributed by atoms with Gasteiger partial charge in [0.25, 0.3) is 0 Å². The smallest absolute Gasteiger partial charge is 0.119 e. The molecule has 2 aliphatic rings. The van der Waals surface area contributed by atoms with Crippen molar-refractivity contribution in [1.82, 2.24) is 0 Å². The minimum atomic E-state index is -0.448. The van der Waals surface area contributed by atoms with Crippen molar-refractivity contribution in [1.29, 1.82) is 0 Å². The Morgan fingerprint density at radius 3 is 2.89 bits per heavy atom. The van der Waals surface area contributed by atoms with E-state index in [-0.39, 0.29) is 0 Å². The first-order valence-corrected chi connectivity index (χ1v) is 7.39. The van der Waals surface area contributed by atoms with Gasteiger partial charge in [0.2, 0.25) is 0 Å². The van der Waals surface area contributed by atoms with Crippen LogP contribution in [0, 0.1) is 5.92 Å². The van der Waals surface area contributed by atoms with E-state index in [1.807, 2.05) is 18.2 Å². The Morgan fingerprint density at radius 1 is 1.22 bits per heavy atom. The molecular weight excluding hydrogens is 246 g/mol. The lowest BCUT2D eigenvalue weighted by atomic mass is 9.67. The van der Waals surface area contributed by atoms with E-state index >= 15 is 0 Å². The maximum atomic E-state index is 10.9. The summed E-state index contributed by atoms with van der Waals surface area (Å²) in [6, 6.07) is 8.43. The van der Waals surface area contributed by atoms with Gasteiger partial charge in [-0.1, -0.05) is 42.6 Å². The lowest BCUT2D eigenvalue weighted by molar-refractivity contribution is -0.719. The molecule has 1 aromatic carbocycles. The number of rotatable bonds is 1. The van der Waals surface area contributed by atoms with Crippen LogP contribution >= 0.6 is 11.6 Å². The van der Waals surface area contributed by atoms with Crippen LogP contribution in [-0.2, 0) is 0 Å². The molecule has 2 nitrogen and oxygen atoms in total. The summed E-state index contributed by atoms with van der Waals surface area (Å²) >= 11 is 6.33. The molecule has 2 fully saturated rings. The zero-order valence-electron chi connectivity index (χ0n) is 10.6. The fourth-order valence-corrected chi connectivity index (χ4v) is 4.10. The Balaban J connectivity index is 1.94. The highest BCUT2D eigenvalue weighted by Crippen LogP contribution is 2.44. The highest BCUT2D eigenvalue weighted by Gasteiger charge is 2.48. The molecule has 0 spiro atoms. The van der Waals surface area contributed by atoms with Gasteiger partial charge < -0.3 is 10.4 Å². The highest BCUT2D eigenvalue weighted by molar-refractivity contribution is 6.31. The van der Waals surface area contributed by atoms with Gasteiger partial charge in [0, 0.05) is 22.9 Å². The van der Waals surface area contributed by atoms with Gasteiger partial charge in [-0.15, -0.1) is 0 Å². The van der Waals surface area contributed by atoms with E-state index < -0.39 is 5.60 Å². The predicted molar refractivity (Wildman–Crippen MR) is 72.5 cm³/mol. The van der Waals surface area contributed by atoms with E-state index in [1.54, 1.807) is 0 Å². The highest BCUT2D eigenvalue weighted by atomic mass is 35.5. The van der Waals surface area contributed by atoms with Crippen molar-refractivity contribution in [3.8, 4) is 0 Å². The Labute approximate surface area is 113 Å². The molecule has 18 heavy (non-hydrogen) atoms. The van der Waals surface area contributed by atoms with E-state index in [1.165, 1.54) is 18.4 Å². The van der Waals surface area contributed by atoms with Gasteiger partial charge in [0.1, 0.15) is 6.04 Å². The van der Waals surface area contributed by atoms with Crippen molar-refractivity contribution >= 4 is 11.6 Å². The molecule has 1 saturated heterocycles. The van der Waals surface area contributed by atoms with Crippen LogP contribution in [0.3, 0.4) is 0 Å². The summed E-state index contributed by atoms with van der Waals surface area (Å²) in [5.41, 5.74) is 0.751. The van der Waals surface area contributed by atoms with Crippen LogP contribution in [0.15, 0.2) is 24.3 Å². The third kappa shape index (κ3) is 2.07. The molecule has 98 valence electrons. The minimum Gasteiger partial charge on any atom is -0.389 e. The molecule has 3 heteroatoms. The normalized spacial score (nSPS) is 36.1. The van der Waals surface area contributed by atoms with Crippen molar-refractivity contribution in [2.24, 2.45) is 5.92 Å². The molecule has 1 heterocycles. The molecule has 0 aromatic heterocycles. The number of nitrogens with two attached hydrogens (primary N) is 1. The fourth-order valence-electron chi connectivity index (χ4n) is 3.84. The fraction of sp³-hybridized carbons (Fsp3) is 0.600. The molecule has 3 N–H and O–H groups in total. The minimum absolute atomic E-state index is 0.331. The van der Waals surface area contributed by atoms with Crippen molar-refractivity contribution in [2.75, 3.05) is 6.54 Å². The third-order valence-corrected chi connectivity index (χ3v) is 5.10. The number of fused-ring (bicyclic) bond motifs is 1. The topological polar surface area (TPSA) is 36.8 Å². The monoisotopic (exact) mass is 266 g/mol. The predicted octanol–water partition coefficient (Wildman–Crippen LogP) is 2.27. The second-order valence-corrected chi connectivity index (χ2v) is 6.18. The molecular formula is C15H21ClNO+. The van der Waals surface area contributed by atoms with Crippen LogP contribution in [0.5, 0.6) is 0 Å². The van der Waals surface area contributed by atoms with Gasteiger partial charge in [-0.25, -0.2) is 0 Å². The molecule has 1 aromatic rings. The Bertz CT molecular complexity index is 432. The van der Waals surface area contributed by atoms with Gasteiger partial charge in [-0.3, -0.25) is 0 Å². The van der Waals surface area contributed by atoms with Crippen LogP contribution in [0.2, 0.25) is 5.02 Å². The van der Waals surface area contributed by atoms with Gasteiger partial charge in [-0.05, 0) is 18.9 Å². The first-order chi connectivity index (χ1) is 8.71. The Kier molecular flexibility index (Phi) is 3.35. The summed E-state index contributed by atoms with van der Waals surface area (Å²) in [7, 11) is 0. The zero-order chi connectivity index (χ0) is 12.6. The van der Waals surface area contributed by atoms with Gasteiger partial charge in [0.05, 0.1) is 12.1 Å². The average Bonchev–Trinajstić information content (AvgIpc) is 2.38. The quantitative estimate of drug-likeness (QED) is 0.804. The zero-order valence-corrected chi connectivity index (χ0v) is 11.4. The second-order valence-electron chi connectivity index (χ2n) is 5.78. The van der Waals surface area contributed by atoms with E-state index in [0.29, 0.717) is 12.0 Å². The van der Waals surface area contributed by atoms with Gasteiger partial charge in [0.15, 0.2) is 0 Å². The second kappa shape index (κ2) is 4.84. The van der Waals surface area contributed by atoms with E-state index in [9.17, 15) is 5.11 Å². The molecule has 0 unspecified atom stereocenters. The maximum absolute atomic E-state index is 10.9. The lowest BCUT2D eigenvalue weighted by Crippen LogP contribution is -2.91. The van der Waals surface area contributed by atoms with Crippen molar-refractivity contribution in [2.45, 2.75) is 43.7 Å². The molecule has 3 rings (SSSR count). The molecule has 0 radical (unpaired) electrons. The molecule has 1 aliphatic heterocycles. The van der Waals surface area contributed by atoms with Crippen LogP contribution in [0.1, 0.15) is 43.7 Å². The standard InChI is InChI=1S/C15H20ClNO/c16-13-7-2-1-5-11(13)14-12-6-3-4-8-15(12,18)9-10-17-14/h1-2,5,7,12,14,17-18H,3-4,6,8-10H2/p+1/t12-,14+,15+/m1/s1. The average molecular weight is 267 g/mol. The molecule has 0 bridgehead atoms. The third-order valence-electron chi connectivity index (χ3n) is 4.76. The first kappa shape index (κ1) is 12.5. The van der Waals surface area contributed by atoms with Crippen LogP contribution < -0.4 is 5.32 Å². The maximum Gasteiger partial charge on any atom is 0.119 e. The van der Waals surface area contributed by atoms with Gasteiger partial charge in [-0.2, -0.15) is 0 Å². The molecule has 1 aliphatic carbocycles. The molecule has 3 atom stereocenters. The van der Waals surface area contributed by atoms with Crippen molar-refractivity contribution in [3.63, 3.8) is 0 Å². The van der Waals surface area contributed by atoms with Crippen molar-refractivity contribution in [3.05, 3.63) is 34.9 Å². The largest absolute Gasteiger partial charge is 0.389 e. The van der Waals surface area contributed by atoms with Crippen LogP contribution in [0.25, 0.3) is 0 Å².